The molecular weight excluding hydrogens is 172 g/mol. The van der Waals surface area contributed by atoms with Gasteiger partial charge < -0.3 is 4.74 Å². The molecule has 3 atom stereocenters. The normalized spacial score (nSPS) is 31.8. The van der Waals surface area contributed by atoms with Gasteiger partial charge in [0.2, 0.25) is 0 Å². The Morgan fingerprint density at radius 3 is 2.79 bits per heavy atom. The third-order valence-electron chi connectivity index (χ3n) is 2.88. The van der Waals surface area contributed by atoms with Gasteiger partial charge in [-0.1, -0.05) is 38.2 Å². The highest BCUT2D eigenvalue weighted by molar-refractivity contribution is 5.01. The van der Waals surface area contributed by atoms with Gasteiger partial charge in [0.05, 0.1) is 12.7 Å². The average molecular weight is 194 g/mol. The van der Waals surface area contributed by atoms with E-state index in [9.17, 15) is 0 Å². The molecule has 14 heavy (non-hydrogen) atoms. The molecule has 1 rings (SSSR count). The Labute approximate surface area is 87.8 Å². The van der Waals surface area contributed by atoms with Crippen molar-refractivity contribution in [2.75, 3.05) is 6.61 Å². The smallest absolute Gasteiger partial charge is 0.0675 e. The molecule has 0 saturated carbocycles. The van der Waals surface area contributed by atoms with Crippen LogP contribution < -0.4 is 0 Å². The molecule has 1 aliphatic carbocycles. The number of ether oxygens (including phenoxy) is 1. The van der Waals surface area contributed by atoms with E-state index in [1.165, 1.54) is 12.8 Å². The minimum absolute atomic E-state index is 0.390. The molecule has 1 nitrogen and oxygen atoms in total. The zero-order valence-electron chi connectivity index (χ0n) is 9.62. The Morgan fingerprint density at radius 1 is 1.50 bits per heavy atom. The first kappa shape index (κ1) is 11.5. The summed E-state index contributed by atoms with van der Waals surface area (Å²) in [6, 6.07) is 0. The summed E-state index contributed by atoms with van der Waals surface area (Å²) in [6.45, 7) is 11.0. The highest BCUT2D eigenvalue weighted by Gasteiger charge is 2.22. The molecule has 0 heterocycles. The van der Waals surface area contributed by atoms with Crippen LogP contribution in [0.25, 0.3) is 0 Å². The maximum absolute atomic E-state index is 5.84. The Hall–Kier alpha value is -0.560. The van der Waals surface area contributed by atoms with Gasteiger partial charge in [0.1, 0.15) is 0 Å². The maximum atomic E-state index is 5.84. The monoisotopic (exact) mass is 194 g/mol. The van der Waals surface area contributed by atoms with Crippen LogP contribution in [0.15, 0.2) is 24.3 Å². The van der Waals surface area contributed by atoms with E-state index in [1.54, 1.807) is 0 Å². The first-order valence-electron chi connectivity index (χ1n) is 5.57. The van der Waals surface area contributed by atoms with Crippen molar-refractivity contribution in [3.05, 3.63) is 24.3 Å². The zero-order chi connectivity index (χ0) is 10.6. The molecule has 0 radical (unpaired) electrons. The van der Waals surface area contributed by atoms with Crippen LogP contribution in [0.3, 0.4) is 0 Å². The molecule has 0 fully saturated rings. The van der Waals surface area contributed by atoms with Gasteiger partial charge in [-0.05, 0) is 25.7 Å². The maximum Gasteiger partial charge on any atom is 0.0675 e. The van der Waals surface area contributed by atoms with Crippen LogP contribution in [0.5, 0.6) is 0 Å². The lowest BCUT2D eigenvalue weighted by molar-refractivity contribution is 0.0257. The fourth-order valence-electron chi connectivity index (χ4n) is 1.82. The fourth-order valence-corrected chi connectivity index (χ4v) is 1.82. The molecule has 3 unspecified atom stereocenters. The van der Waals surface area contributed by atoms with Gasteiger partial charge in [0.25, 0.3) is 0 Å². The topological polar surface area (TPSA) is 9.23 Å². The van der Waals surface area contributed by atoms with Crippen molar-refractivity contribution in [1.29, 1.82) is 0 Å². The lowest BCUT2D eigenvalue weighted by atomic mass is 9.85. The first-order chi connectivity index (χ1) is 6.63. The Bertz CT molecular complexity index is 217. The van der Waals surface area contributed by atoms with Gasteiger partial charge in [-0.2, -0.15) is 0 Å². The van der Waals surface area contributed by atoms with Crippen LogP contribution in [0.2, 0.25) is 0 Å². The minimum Gasteiger partial charge on any atom is -0.373 e. The fraction of sp³-hybridized carbons (Fsp3) is 0.692. The lowest BCUT2D eigenvalue weighted by Gasteiger charge is -2.29. The summed E-state index contributed by atoms with van der Waals surface area (Å²) >= 11 is 0. The summed E-state index contributed by atoms with van der Waals surface area (Å²) in [6.07, 6.45) is 7.41. The van der Waals surface area contributed by atoms with Crippen LogP contribution in [-0.4, -0.2) is 12.7 Å². The molecule has 0 spiro atoms. The van der Waals surface area contributed by atoms with Crippen molar-refractivity contribution in [2.45, 2.75) is 39.7 Å². The molecule has 0 aromatic heterocycles. The zero-order valence-corrected chi connectivity index (χ0v) is 9.62. The Kier molecular flexibility index (Phi) is 4.40. The van der Waals surface area contributed by atoms with E-state index in [0.717, 1.165) is 5.57 Å². The molecule has 0 aliphatic heterocycles. The van der Waals surface area contributed by atoms with E-state index in [0.29, 0.717) is 24.5 Å². The third kappa shape index (κ3) is 3.30. The van der Waals surface area contributed by atoms with Crippen LogP contribution in [0, 0.1) is 11.8 Å². The molecule has 0 aromatic carbocycles. The van der Waals surface area contributed by atoms with E-state index in [1.807, 2.05) is 6.92 Å². The predicted molar refractivity (Wildman–Crippen MR) is 61.3 cm³/mol. The second-order valence-corrected chi connectivity index (χ2v) is 4.45. The first-order valence-corrected chi connectivity index (χ1v) is 5.57. The van der Waals surface area contributed by atoms with Crippen LogP contribution in [-0.2, 0) is 4.74 Å². The molecule has 0 amide bonds. The molecule has 80 valence electrons. The van der Waals surface area contributed by atoms with Gasteiger partial charge in [-0.15, -0.1) is 0 Å². The second-order valence-electron chi connectivity index (χ2n) is 4.45. The van der Waals surface area contributed by atoms with Gasteiger partial charge in [-0.25, -0.2) is 0 Å². The van der Waals surface area contributed by atoms with E-state index in [4.69, 9.17) is 4.74 Å². The summed E-state index contributed by atoms with van der Waals surface area (Å²) in [5, 5.41) is 0. The highest BCUT2D eigenvalue weighted by atomic mass is 16.5. The molecule has 1 heteroatoms. The van der Waals surface area contributed by atoms with E-state index in [-0.39, 0.29) is 0 Å². The van der Waals surface area contributed by atoms with Crippen LogP contribution in [0.4, 0.5) is 0 Å². The third-order valence-corrected chi connectivity index (χ3v) is 2.88. The minimum atomic E-state index is 0.390. The van der Waals surface area contributed by atoms with Crippen molar-refractivity contribution in [1.82, 2.24) is 0 Å². The SMILES string of the molecule is C=C(C)COC1CC(CC)C=CC1C. The molecule has 0 aromatic rings. The largest absolute Gasteiger partial charge is 0.373 e. The predicted octanol–water partition coefficient (Wildman–Crippen LogP) is 3.57. The van der Waals surface area contributed by atoms with Crippen molar-refractivity contribution in [3.63, 3.8) is 0 Å². The van der Waals surface area contributed by atoms with Crippen LogP contribution in [0.1, 0.15) is 33.6 Å². The summed E-state index contributed by atoms with van der Waals surface area (Å²) in [7, 11) is 0. The van der Waals surface area contributed by atoms with Crippen molar-refractivity contribution >= 4 is 0 Å². The van der Waals surface area contributed by atoms with Crippen LogP contribution >= 0.6 is 0 Å². The second kappa shape index (κ2) is 5.35. The van der Waals surface area contributed by atoms with Gasteiger partial charge >= 0.3 is 0 Å². The summed E-state index contributed by atoms with van der Waals surface area (Å²) in [4.78, 5) is 0. The van der Waals surface area contributed by atoms with E-state index in [2.05, 4.69) is 32.6 Å². The molecule has 0 bridgehead atoms. The molecule has 0 saturated heterocycles. The molecular formula is C13H22O. The number of hydrogen-bond acceptors (Lipinski definition) is 1. The van der Waals surface area contributed by atoms with Gasteiger partial charge in [-0.3, -0.25) is 0 Å². The van der Waals surface area contributed by atoms with Crippen molar-refractivity contribution in [3.8, 4) is 0 Å². The van der Waals surface area contributed by atoms with Crippen molar-refractivity contribution < 1.29 is 4.74 Å². The van der Waals surface area contributed by atoms with Gasteiger partial charge in [0.15, 0.2) is 0 Å². The Balaban J connectivity index is 2.44. The number of hydrogen-bond donors (Lipinski definition) is 0. The lowest BCUT2D eigenvalue weighted by Crippen LogP contribution is -2.27. The number of rotatable bonds is 4. The van der Waals surface area contributed by atoms with E-state index >= 15 is 0 Å². The molecule has 0 N–H and O–H groups in total. The highest BCUT2D eigenvalue weighted by Crippen LogP contribution is 2.27. The van der Waals surface area contributed by atoms with E-state index < -0.39 is 0 Å². The molecule has 1 aliphatic rings. The van der Waals surface area contributed by atoms with Crippen molar-refractivity contribution in [2.24, 2.45) is 11.8 Å². The standard InChI is InChI=1S/C13H22O/c1-5-12-7-6-11(4)13(8-12)14-9-10(2)3/h6-7,11-13H,2,5,8-9H2,1,3-4H3. The average Bonchev–Trinajstić information content (AvgIpc) is 2.16. The Morgan fingerprint density at radius 2 is 2.21 bits per heavy atom. The summed E-state index contributed by atoms with van der Waals surface area (Å²) < 4.78 is 5.84. The number of allylic oxidation sites excluding steroid dienone is 1. The van der Waals surface area contributed by atoms with Gasteiger partial charge in [0, 0.05) is 5.92 Å². The quantitative estimate of drug-likeness (QED) is 0.622. The summed E-state index contributed by atoms with van der Waals surface area (Å²) in [5.74, 6) is 1.26. The summed E-state index contributed by atoms with van der Waals surface area (Å²) in [5.41, 5.74) is 1.11.